The number of hydrogen-bond acceptors (Lipinski definition) is 3. The fourth-order valence-corrected chi connectivity index (χ4v) is 2.78. The molecular weight excluding hydrogens is 348 g/mol. The first kappa shape index (κ1) is 18.0. The molecule has 3 aromatic carbocycles. The second-order valence-electron chi connectivity index (χ2n) is 5.81. The van der Waals surface area contributed by atoms with Gasteiger partial charge < -0.3 is 14.3 Å². The van der Waals surface area contributed by atoms with E-state index in [1.165, 1.54) is 0 Å². The van der Waals surface area contributed by atoms with Crippen LogP contribution in [-0.4, -0.2) is 6.29 Å². The second kappa shape index (κ2) is 9.07. The molecule has 0 atom stereocenters. The zero-order chi connectivity index (χ0) is 18.2. The molecule has 0 saturated carbocycles. The first-order valence-electron chi connectivity index (χ1n) is 8.36. The van der Waals surface area contributed by atoms with E-state index >= 15 is 0 Å². The number of carbonyl (C=O) groups is 1. The maximum atomic E-state index is 11.0. The van der Waals surface area contributed by atoms with Gasteiger partial charge in [0.05, 0.1) is 5.02 Å². The number of hydrogen-bond donors (Lipinski definition) is 0. The van der Waals surface area contributed by atoms with E-state index in [9.17, 15) is 4.79 Å². The van der Waals surface area contributed by atoms with E-state index in [4.69, 9.17) is 21.1 Å². The Morgan fingerprint density at radius 2 is 1.31 bits per heavy atom. The molecule has 0 saturated heterocycles. The lowest BCUT2D eigenvalue weighted by atomic mass is 10.1. The lowest BCUT2D eigenvalue weighted by Crippen LogP contribution is -2.02. The zero-order valence-electron chi connectivity index (χ0n) is 14.2. The number of ether oxygens (including phenoxy) is 2. The molecule has 3 aromatic rings. The van der Waals surface area contributed by atoms with Crippen molar-refractivity contribution < 1.29 is 14.3 Å². The first-order valence-corrected chi connectivity index (χ1v) is 8.73. The Hall–Kier alpha value is -2.78. The monoisotopic (exact) mass is 366 g/mol. The molecule has 3 rings (SSSR count). The first-order chi connectivity index (χ1) is 12.8. The van der Waals surface area contributed by atoms with E-state index in [0.717, 1.165) is 23.0 Å². The zero-order valence-corrected chi connectivity index (χ0v) is 15.0. The number of halogens is 1. The summed E-state index contributed by atoms with van der Waals surface area (Å²) in [4.78, 5) is 11.0. The Kier molecular flexibility index (Phi) is 6.29. The van der Waals surface area contributed by atoms with Gasteiger partial charge in [-0.1, -0.05) is 72.3 Å². The molecule has 0 aliphatic heterocycles. The average Bonchev–Trinajstić information content (AvgIpc) is 2.68. The molecule has 0 fully saturated rings. The van der Waals surface area contributed by atoms with Crippen LogP contribution in [0.5, 0.6) is 11.5 Å². The molecule has 0 unspecified atom stereocenters. The third kappa shape index (κ3) is 4.87. The Balaban J connectivity index is 1.77. The van der Waals surface area contributed by atoms with Gasteiger partial charge in [0.2, 0.25) is 0 Å². The third-order valence-corrected chi connectivity index (χ3v) is 4.19. The van der Waals surface area contributed by atoms with Crippen LogP contribution in [0.3, 0.4) is 0 Å². The Labute approximate surface area is 158 Å². The van der Waals surface area contributed by atoms with Crippen LogP contribution in [-0.2, 0) is 24.4 Å². The molecule has 0 aliphatic carbocycles. The molecule has 0 aliphatic rings. The van der Waals surface area contributed by atoms with Crippen LogP contribution >= 0.6 is 11.6 Å². The lowest BCUT2D eigenvalue weighted by molar-refractivity contribution is -0.107. The van der Waals surface area contributed by atoms with Crippen molar-refractivity contribution in [3.63, 3.8) is 0 Å². The molecule has 0 aromatic heterocycles. The summed E-state index contributed by atoms with van der Waals surface area (Å²) in [5.74, 6) is 1.14. The van der Waals surface area contributed by atoms with E-state index < -0.39 is 0 Å². The highest BCUT2D eigenvalue weighted by Crippen LogP contribution is 2.34. The third-order valence-electron chi connectivity index (χ3n) is 3.89. The molecule has 4 heteroatoms. The summed E-state index contributed by atoms with van der Waals surface area (Å²) in [6.45, 7) is 0.818. The highest BCUT2D eigenvalue weighted by molar-refractivity contribution is 6.32. The number of rotatable bonds is 8. The molecule has 0 heterocycles. The van der Waals surface area contributed by atoms with Gasteiger partial charge in [-0.15, -0.1) is 0 Å². The van der Waals surface area contributed by atoms with E-state index in [2.05, 4.69) is 0 Å². The van der Waals surface area contributed by atoms with Crippen LogP contribution in [0.25, 0.3) is 0 Å². The molecule has 0 radical (unpaired) electrons. The highest BCUT2D eigenvalue weighted by Gasteiger charge is 2.12. The van der Waals surface area contributed by atoms with Crippen LogP contribution in [0.4, 0.5) is 0 Å². The van der Waals surface area contributed by atoms with Gasteiger partial charge in [0.25, 0.3) is 0 Å². The minimum absolute atomic E-state index is 0.239. The summed E-state index contributed by atoms with van der Waals surface area (Å²) < 4.78 is 11.8. The average molecular weight is 367 g/mol. The summed E-state index contributed by atoms with van der Waals surface area (Å²) in [5.41, 5.74) is 2.84. The molecule has 132 valence electrons. The predicted molar refractivity (Wildman–Crippen MR) is 103 cm³/mol. The molecule has 3 nitrogen and oxygen atoms in total. The quantitative estimate of drug-likeness (QED) is 0.511. The normalized spacial score (nSPS) is 10.3. The van der Waals surface area contributed by atoms with Crippen molar-refractivity contribution in [3.8, 4) is 11.5 Å². The largest absolute Gasteiger partial charge is 0.488 e. The van der Waals surface area contributed by atoms with E-state index in [-0.39, 0.29) is 6.42 Å². The summed E-state index contributed by atoms with van der Waals surface area (Å²) in [7, 11) is 0. The van der Waals surface area contributed by atoms with Crippen LogP contribution in [0.2, 0.25) is 5.02 Å². The van der Waals surface area contributed by atoms with Crippen LogP contribution in [0.15, 0.2) is 72.8 Å². The van der Waals surface area contributed by atoms with Crippen LogP contribution in [0, 0.1) is 0 Å². The summed E-state index contributed by atoms with van der Waals surface area (Å²) in [6.07, 6.45) is 1.08. The minimum Gasteiger partial charge on any atom is -0.488 e. The standard InChI is InChI=1S/C22H19ClO3/c23-20-13-19(11-12-24)21(25-15-17-7-3-1-4-8-17)14-22(20)26-16-18-9-5-2-6-10-18/h1-10,12-14H,11,15-16H2. The molecule has 0 N–H and O–H groups in total. The van der Waals surface area contributed by atoms with Gasteiger partial charge in [-0.3, -0.25) is 0 Å². The highest BCUT2D eigenvalue weighted by atomic mass is 35.5. The Morgan fingerprint density at radius 3 is 1.85 bits per heavy atom. The number of aldehydes is 1. The van der Waals surface area contributed by atoms with Gasteiger partial charge in [-0.2, -0.15) is 0 Å². The van der Waals surface area contributed by atoms with Crippen molar-refractivity contribution in [2.45, 2.75) is 19.6 Å². The summed E-state index contributed by atoms with van der Waals surface area (Å²) in [5, 5.41) is 0.463. The van der Waals surface area contributed by atoms with Gasteiger partial charge in [0.1, 0.15) is 31.0 Å². The van der Waals surface area contributed by atoms with Gasteiger partial charge in [-0.05, 0) is 17.2 Å². The molecule has 0 spiro atoms. The Morgan fingerprint density at radius 1 is 0.769 bits per heavy atom. The van der Waals surface area contributed by atoms with E-state index in [0.29, 0.717) is 29.7 Å². The van der Waals surface area contributed by atoms with E-state index in [1.54, 1.807) is 12.1 Å². The number of benzene rings is 3. The fourth-order valence-electron chi connectivity index (χ4n) is 2.54. The smallest absolute Gasteiger partial charge is 0.142 e. The van der Waals surface area contributed by atoms with Gasteiger partial charge >= 0.3 is 0 Å². The Bertz CT molecular complexity index is 848. The SMILES string of the molecule is O=CCc1cc(Cl)c(OCc2ccccc2)cc1OCc1ccccc1. The summed E-state index contributed by atoms with van der Waals surface area (Å²) >= 11 is 6.32. The van der Waals surface area contributed by atoms with Crippen molar-refractivity contribution in [2.24, 2.45) is 0 Å². The topological polar surface area (TPSA) is 35.5 Å². The maximum Gasteiger partial charge on any atom is 0.142 e. The van der Waals surface area contributed by atoms with E-state index in [1.807, 2.05) is 60.7 Å². The van der Waals surface area contributed by atoms with Crippen LogP contribution < -0.4 is 9.47 Å². The molecular formula is C22H19ClO3. The molecule has 26 heavy (non-hydrogen) atoms. The molecule has 0 bridgehead atoms. The van der Waals surface area contributed by atoms with Gasteiger partial charge in [-0.25, -0.2) is 0 Å². The minimum atomic E-state index is 0.239. The molecule has 0 amide bonds. The fraction of sp³-hybridized carbons (Fsp3) is 0.136. The number of carbonyl (C=O) groups excluding carboxylic acids is 1. The van der Waals surface area contributed by atoms with Crippen LogP contribution in [0.1, 0.15) is 16.7 Å². The van der Waals surface area contributed by atoms with Gasteiger partial charge in [0.15, 0.2) is 0 Å². The van der Waals surface area contributed by atoms with Crippen molar-refractivity contribution in [1.29, 1.82) is 0 Å². The van der Waals surface area contributed by atoms with Crippen molar-refractivity contribution in [3.05, 3.63) is 94.5 Å². The van der Waals surface area contributed by atoms with Crippen molar-refractivity contribution >= 4 is 17.9 Å². The lowest BCUT2D eigenvalue weighted by Gasteiger charge is -2.15. The van der Waals surface area contributed by atoms with Crippen molar-refractivity contribution in [2.75, 3.05) is 0 Å². The summed E-state index contributed by atoms with van der Waals surface area (Å²) in [6, 6.07) is 23.2. The second-order valence-corrected chi connectivity index (χ2v) is 6.22. The van der Waals surface area contributed by atoms with Crippen molar-refractivity contribution in [1.82, 2.24) is 0 Å². The predicted octanol–water partition coefficient (Wildman–Crippen LogP) is 5.24. The maximum absolute atomic E-state index is 11.0. The van der Waals surface area contributed by atoms with Gasteiger partial charge in [0, 0.05) is 18.1 Å².